The molecule has 19 heavy (non-hydrogen) atoms. The lowest BCUT2D eigenvalue weighted by molar-refractivity contribution is 0.0990. The average molecular weight is 260 g/mol. The zero-order chi connectivity index (χ0) is 14.2. The fraction of sp³-hybridized carbons (Fsp3) is 0.500. The van der Waals surface area contributed by atoms with Crippen molar-refractivity contribution >= 4 is 5.78 Å². The van der Waals surface area contributed by atoms with Crippen LogP contribution < -0.4 is 0 Å². The number of carbonyl (C=O) groups excluding carboxylic acids is 1. The van der Waals surface area contributed by atoms with Gasteiger partial charge in [0.05, 0.1) is 23.4 Å². The average Bonchev–Trinajstić information content (AvgIpc) is 2.85. The summed E-state index contributed by atoms with van der Waals surface area (Å²) in [6.45, 7) is 7.91. The quantitative estimate of drug-likeness (QED) is 0.792. The number of hydrogen-bond donors (Lipinski definition) is 0. The Labute approximate surface area is 113 Å². The standard InChI is InChI=1S/C14H20N4O/c1-9(2)18-7-6-12(16-18)8-13(19)14-10(3)15-17(5)11(14)4/h6-7,9H,8H2,1-5H3. The number of ketones is 1. The van der Waals surface area contributed by atoms with Crippen LogP contribution in [0.4, 0.5) is 0 Å². The Morgan fingerprint density at radius 1 is 1.32 bits per heavy atom. The fourth-order valence-electron chi connectivity index (χ4n) is 2.19. The first-order valence-corrected chi connectivity index (χ1v) is 6.47. The fourth-order valence-corrected chi connectivity index (χ4v) is 2.19. The number of hydrogen-bond acceptors (Lipinski definition) is 3. The van der Waals surface area contributed by atoms with E-state index in [9.17, 15) is 4.79 Å². The van der Waals surface area contributed by atoms with Gasteiger partial charge < -0.3 is 0 Å². The highest BCUT2D eigenvalue weighted by Gasteiger charge is 2.18. The lowest BCUT2D eigenvalue weighted by Gasteiger charge is -2.04. The van der Waals surface area contributed by atoms with Gasteiger partial charge in [0, 0.05) is 25.0 Å². The highest BCUT2D eigenvalue weighted by Crippen LogP contribution is 2.15. The van der Waals surface area contributed by atoms with Gasteiger partial charge in [0.1, 0.15) is 0 Å². The van der Waals surface area contributed by atoms with Crippen LogP contribution in [0.2, 0.25) is 0 Å². The van der Waals surface area contributed by atoms with Gasteiger partial charge >= 0.3 is 0 Å². The first-order chi connectivity index (χ1) is 8.90. The highest BCUT2D eigenvalue weighted by atomic mass is 16.1. The Morgan fingerprint density at radius 3 is 2.47 bits per heavy atom. The summed E-state index contributed by atoms with van der Waals surface area (Å²) in [6.07, 6.45) is 2.24. The molecule has 0 bridgehead atoms. The molecule has 0 aliphatic carbocycles. The molecule has 0 spiro atoms. The summed E-state index contributed by atoms with van der Waals surface area (Å²) < 4.78 is 3.61. The van der Waals surface area contributed by atoms with Gasteiger partial charge in [-0.1, -0.05) is 0 Å². The van der Waals surface area contributed by atoms with E-state index in [0.29, 0.717) is 12.5 Å². The number of nitrogens with zero attached hydrogens (tertiary/aromatic N) is 4. The van der Waals surface area contributed by atoms with Crippen LogP contribution in [0, 0.1) is 13.8 Å². The van der Waals surface area contributed by atoms with Crippen molar-refractivity contribution in [2.75, 3.05) is 0 Å². The van der Waals surface area contributed by atoms with Crippen molar-refractivity contribution in [3.63, 3.8) is 0 Å². The molecule has 5 heteroatoms. The zero-order valence-corrected chi connectivity index (χ0v) is 12.1. The third kappa shape index (κ3) is 2.59. The van der Waals surface area contributed by atoms with Gasteiger partial charge in [-0.25, -0.2) is 0 Å². The molecule has 2 heterocycles. The van der Waals surface area contributed by atoms with E-state index in [1.807, 2.05) is 37.8 Å². The first-order valence-electron chi connectivity index (χ1n) is 6.47. The van der Waals surface area contributed by atoms with Gasteiger partial charge in [0.2, 0.25) is 0 Å². The molecule has 2 aromatic rings. The molecule has 0 saturated carbocycles. The monoisotopic (exact) mass is 260 g/mol. The Bertz CT molecular complexity index is 607. The van der Waals surface area contributed by atoms with Gasteiger partial charge in [-0.3, -0.25) is 14.2 Å². The molecule has 0 saturated heterocycles. The van der Waals surface area contributed by atoms with Gasteiger partial charge in [0.15, 0.2) is 5.78 Å². The van der Waals surface area contributed by atoms with Crippen LogP contribution >= 0.6 is 0 Å². The van der Waals surface area contributed by atoms with Crippen molar-refractivity contribution in [2.45, 2.75) is 40.2 Å². The second-order valence-electron chi connectivity index (χ2n) is 5.15. The Hall–Kier alpha value is -1.91. The molecule has 0 radical (unpaired) electrons. The van der Waals surface area contributed by atoms with E-state index in [-0.39, 0.29) is 5.78 Å². The minimum atomic E-state index is 0.0807. The molecule has 0 aliphatic heterocycles. The molecule has 0 aromatic carbocycles. The molecule has 0 amide bonds. The molecule has 0 fully saturated rings. The van der Waals surface area contributed by atoms with Crippen LogP contribution in [-0.2, 0) is 13.5 Å². The van der Waals surface area contributed by atoms with E-state index in [2.05, 4.69) is 24.0 Å². The summed E-state index contributed by atoms with van der Waals surface area (Å²) in [4.78, 5) is 12.3. The molecule has 2 aromatic heterocycles. The van der Waals surface area contributed by atoms with Gasteiger partial charge in [-0.05, 0) is 33.8 Å². The maximum atomic E-state index is 12.3. The van der Waals surface area contributed by atoms with E-state index in [1.165, 1.54) is 0 Å². The lowest BCUT2D eigenvalue weighted by atomic mass is 10.1. The summed E-state index contributed by atoms with van der Waals surface area (Å²) >= 11 is 0. The summed E-state index contributed by atoms with van der Waals surface area (Å²) in [6, 6.07) is 2.21. The normalized spacial score (nSPS) is 11.3. The maximum absolute atomic E-state index is 12.3. The van der Waals surface area contributed by atoms with Crippen molar-refractivity contribution < 1.29 is 4.79 Å². The SMILES string of the molecule is Cc1nn(C)c(C)c1C(=O)Cc1ccn(C(C)C)n1. The topological polar surface area (TPSA) is 52.7 Å². The smallest absolute Gasteiger partial charge is 0.172 e. The molecule has 2 rings (SSSR count). The Balaban J connectivity index is 2.21. The van der Waals surface area contributed by atoms with Gasteiger partial charge in [-0.2, -0.15) is 10.2 Å². The molecule has 5 nitrogen and oxygen atoms in total. The van der Waals surface area contributed by atoms with Crippen molar-refractivity contribution in [3.8, 4) is 0 Å². The third-order valence-electron chi connectivity index (χ3n) is 3.32. The third-order valence-corrected chi connectivity index (χ3v) is 3.32. The molecule has 0 unspecified atom stereocenters. The summed E-state index contributed by atoms with van der Waals surface area (Å²) in [5.41, 5.74) is 3.22. The number of Topliss-reactive ketones (excluding diaryl/α,β-unsaturated/α-hetero) is 1. The van der Waals surface area contributed by atoms with Crippen molar-refractivity contribution in [1.29, 1.82) is 0 Å². The van der Waals surface area contributed by atoms with Gasteiger partial charge in [-0.15, -0.1) is 0 Å². The van der Waals surface area contributed by atoms with Crippen LogP contribution in [0.25, 0.3) is 0 Å². The van der Waals surface area contributed by atoms with E-state index in [1.54, 1.807) is 4.68 Å². The molecule has 0 N–H and O–H groups in total. The maximum Gasteiger partial charge on any atom is 0.172 e. The predicted molar refractivity (Wildman–Crippen MR) is 73.3 cm³/mol. The largest absolute Gasteiger partial charge is 0.294 e. The van der Waals surface area contributed by atoms with Crippen LogP contribution in [0.3, 0.4) is 0 Å². The predicted octanol–water partition coefficient (Wildman–Crippen LogP) is 2.24. The lowest BCUT2D eigenvalue weighted by Crippen LogP contribution is -2.08. The zero-order valence-electron chi connectivity index (χ0n) is 12.1. The first kappa shape index (κ1) is 13.5. The summed E-state index contributed by atoms with van der Waals surface area (Å²) in [5, 5.41) is 8.69. The number of carbonyl (C=O) groups is 1. The van der Waals surface area contributed by atoms with Crippen LogP contribution in [0.15, 0.2) is 12.3 Å². The van der Waals surface area contributed by atoms with E-state index in [0.717, 1.165) is 22.6 Å². The molecular formula is C14H20N4O. The number of aryl methyl sites for hydroxylation is 2. The Kier molecular flexibility index (Phi) is 3.55. The molecule has 102 valence electrons. The molecular weight excluding hydrogens is 240 g/mol. The van der Waals surface area contributed by atoms with Crippen molar-refractivity contribution in [1.82, 2.24) is 19.6 Å². The summed E-state index contributed by atoms with van der Waals surface area (Å²) in [7, 11) is 1.85. The summed E-state index contributed by atoms with van der Waals surface area (Å²) in [5.74, 6) is 0.0807. The second-order valence-corrected chi connectivity index (χ2v) is 5.15. The van der Waals surface area contributed by atoms with Crippen LogP contribution in [-0.4, -0.2) is 25.3 Å². The number of rotatable bonds is 4. The van der Waals surface area contributed by atoms with Crippen molar-refractivity contribution in [2.24, 2.45) is 7.05 Å². The number of aromatic nitrogens is 4. The van der Waals surface area contributed by atoms with E-state index in [4.69, 9.17) is 0 Å². The minimum Gasteiger partial charge on any atom is -0.294 e. The Morgan fingerprint density at radius 2 is 2.00 bits per heavy atom. The van der Waals surface area contributed by atoms with Crippen molar-refractivity contribution in [3.05, 3.63) is 34.9 Å². The van der Waals surface area contributed by atoms with Gasteiger partial charge in [0.25, 0.3) is 0 Å². The molecule has 0 aliphatic rings. The van der Waals surface area contributed by atoms with Crippen LogP contribution in [0.5, 0.6) is 0 Å². The van der Waals surface area contributed by atoms with E-state index >= 15 is 0 Å². The van der Waals surface area contributed by atoms with E-state index < -0.39 is 0 Å². The molecule has 0 atom stereocenters. The minimum absolute atomic E-state index is 0.0807. The second kappa shape index (κ2) is 4.99. The van der Waals surface area contributed by atoms with Crippen LogP contribution in [0.1, 0.15) is 47.3 Å². The highest BCUT2D eigenvalue weighted by molar-refractivity contribution is 5.99.